The number of hydrogen-bond donors (Lipinski definition) is 1. The maximum absolute atomic E-state index is 12.6. The largest absolute Gasteiger partial charge is 0.394 e. The molecule has 0 aliphatic carbocycles. The summed E-state index contributed by atoms with van der Waals surface area (Å²) in [5.41, 5.74) is 1.04. The number of benzene rings is 1. The Morgan fingerprint density at radius 2 is 2.12 bits per heavy atom. The molecule has 5 nitrogen and oxygen atoms in total. The Kier molecular flexibility index (Phi) is 4.35. The molecular weight excluding hydrogens is 334 g/mol. The van der Waals surface area contributed by atoms with E-state index in [1.807, 2.05) is 41.6 Å². The quantitative estimate of drug-likeness (QED) is 0.890. The predicted octanol–water partition coefficient (Wildman–Crippen LogP) is 2.09. The molecule has 1 aromatic heterocycles. The number of rotatable bonds is 5. The number of thiazole rings is 1. The van der Waals surface area contributed by atoms with Gasteiger partial charge in [-0.1, -0.05) is 37.3 Å². The van der Waals surface area contributed by atoms with Gasteiger partial charge in [0, 0.05) is 37.0 Å². The topological polar surface area (TPSA) is 56.7 Å². The molecular formula is C19H23N3O2S. The van der Waals surface area contributed by atoms with Crippen LogP contribution in [0.1, 0.15) is 29.8 Å². The van der Waals surface area contributed by atoms with Crippen molar-refractivity contribution in [2.24, 2.45) is 0 Å². The van der Waals surface area contributed by atoms with Crippen molar-refractivity contribution in [2.45, 2.75) is 37.4 Å². The first-order chi connectivity index (χ1) is 12.2. The molecule has 0 unspecified atom stereocenters. The summed E-state index contributed by atoms with van der Waals surface area (Å²) in [6, 6.07) is 10.2. The highest BCUT2D eigenvalue weighted by Crippen LogP contribution is 2.54. The van der Waals surface area contributed by atoms with Gasteiger partial charge in [-0.15, -0.1) is 11.3 Å². The van der Waals surface area contributed by atoms with E-state index in [9.17, 15) is 9.90 Å². The monoisotopic (exact) mass is 357 g/mol. The van der Waals surface area contributed by atoms with E-state index >= 15 is 0 Å². The molecule has 1 N–H and O–H groups in total. The minimum absolute atomic E-state index is 0.0134. The highest BCUT2D eigenvalue weighted by atomic mass is 32.1. The molecule has 2 atom stereocenters. The third kappa shape index (κ3) is 2.60. The Bertz CT molecular complexity index is 728. The Balaban J connectivity index is 1.59. The van der Waals surface area contributed by atoms with Crippen molar-refractivity contribution in [1.29, 1.82) is 0 Å². The summed E-state index contributed by atoms with van der Waals surface area (Å²) in [7, 11) is 0. The van der Waals surface area contributed by atoms with Crippen LogP contribution in [-0.2, 0) is 11.3 Å². The van der Waals surface area contributed by atoms with Gasteiger partial charge >= 0.3 is 0 Å². The molecule has 1 spiro atoms. The first kappa shape index (κ1) is 16.7. The van der Waals surface area contributed by atoms with Gasteiger partial charge in [-0.2, -0.15) is 0 Å². The number of likely N-dealkylation sites (tertiary alicyclic amines) is 2. The molecule has 1 aromatic carbocycles. The average Bonchev–Trinajstić information content (AvgIpc) is 3.10. The number of hydrogen-bond acceptors (Lipinski definition) is 5. The second-order valence-corrected chi connectivity index (χ2v) is 7.91. The van der Waals surface area contributed by atoms with E-state index in [2.05, 4.69) is 22.0 Å². The fourth-order valence-electron chi connectivity index (χ4n) is 4.60. The van der Waals surface area contributed by atoms with E-state index < -0.39 is 0 Å². The van der Waals surface area contributed by atoms with Crippen molar-refractivity contribution < 1.29 is 9.90 Å². The maximum Gasteiger partial charge on any atom is 0.223 e. The number of amides is 1. The van der Waals surface area contributed by atoms with Crippen molar-refractivity contribution in [3.8, 4) is 0 Å². The predicted molar refractivity (Wildman–Crippen MR) is 97.3 cm³/mol. The lowest BCUT2D eigenvalue weighted by Crippen LogP contribution is -2.85. The maximum atomic E-state index is 12.6. The third-order valence-electron chi connectivity index (χ3n) is 5.53. The standard InChI is InChI=1S/C19H23N3O2S/c1-2-17(24)22-15(11-23)18(14-6-4-3-5-7-14)19(22)12-21(13-19)10-16-20-8-9-25-16/h3-9,15,18,23H,2,10-13H2,1H3/t15-,18+/m1/s1. The number of carbonyl (C=O) groups excluding carboxylic acids is 1. The molecule has 0 bridgehead atoms. The zero-order chi connectivity index (χ0) is 17.4. The molecule has 2 aliphatic rings. The Morgan fingerprint density at radius 3 is 2.72 bits per heavy atom. The minimum Gasteiger partial charge on any atom is -0.394 e. The van der Waals surface area contributed by atoms with Crippen LogP contribution < -0.4 is 0 Å². The number of aliphatic hydroxyl groups is 1. The third-order valence-corrected chi connectivity index (χ3v) is 6.29. The fraction of sp³-hybridized carbons (Fsp3) is 0.474. The summed E-state index contributed by atoms with van der Waals surface area (Å²) in [5, 5.41) is 13.0. The average molecular weight is 357 g/mol. The second kappa shape index (κ2) is 6.52. The molecule has 2 aromatic rings. The van der Waals surface area contributed by atoms with E-state index in [0.29, 0.717) is 6.42 Å². The highest BCUT2D eigenvalue weighted by molar-refractivity contribution is 7.09. The molecule has 2 aliphatic heterocycles. The Hall–Kier alpha value is -1.76. The van der Waals surface area contributed by atoms with Gasteiger partial charge in [0.05, 0.1) is 24.7 Å². The summed E-state index contributed by atoms with van der Waals surface area (Å²) in [5.74, 6) is 0.335. The van der Waals surface area contributed by atoms with Crippen LogP contribution in [0.3, 0.4) is 0 Å². The van der Waals surface area contributed by atoms with Crippen LogP contribution >= 0.6 is 11.3 Å². The Labute approximate surface area is 151 Å². The lowest BCUT2D eigenvalue weighted by atomic mass is 9.60. The minimum atomic E-state index is -0.181. The molecule has 2 fully saturated rings. The molecule has 3 heterocycles. The van der Waals surface area contributed by atoms with Gasteiger partial charge in [-0.3, -0.25) is 9.69 Å². The van der Waals surface area contributed by atoms with Crippen LogP contribution in [-0.4, -0.2) is 57.1 Å². The lowest BCUT2D eigenvalue weighted by Gasteiger charge is -2.70. The zero-order valence-corrected chi connectivity index (χ0v) is 15.2. The molecule has 0 radical (unpaired) electrons. The van der Waals surface area contributed by atoms with Crippen LogP contribution in [0.15, 0.2) is 41.9 Å². The zero-order valence-electron chi connectivity index (χ0n) is 14.3. The van der Waals surface area contributed by atoms with Gasteiger partial charge in [0.1, 0.15) is 5.01 Å². The first-order valence-corrected chi connectivity index (χ1v) is 9.66. The van der Waals surface area contributed by atoms with Crippen LogP contribution in [0.2, 0.25) is 0 Å². The van der Waals surface area contributed by atoms with Gasteiger partial charge in [-0.05, 0) is 5.56 Å². The fourth-order valence-corrected chi connectivity index (χ4v) is 5.26. The highest BCUT2D eigenvalue weighted by Gasteiger charge is 2.66. The van der Waals surface area contributed by atoms with Gasteiger partial charge in [0.15, 0.2) is 0 Å². The van der Waals surface area contributed by atoms with Crippen molar-refractivity contribution in [3.05, 3.63) is 52.5 Å². The summed E-state index contributed by atoms with van der Waals surface area (Å²) < 4.78 is 0. The van der Waals surface area contributed by atoms with E-state index in [-0.39, 0.29) is 30.0 Å². The van der Waals surface area contributed by atoms with Crippen LogP contribution in [0, 0.1) is 0 Å². The van der Waals surface area contributed by atoms with Gasteiger partial charge < -0.3 is 10.0 Å². The molecule has 132 valence electrons. The van der Waals surface area contributed by atoms with E-state index in [1.54, 1.807) is 11.3 Å². The summed E-state index contributed by atoms with van der Waals surface area (Å²) in [4.78, 5) is 21.2. The van der Waals surface area contributed by atoms with Gasteiger partial charge in [-0.25, -0.2) is 4.98 Å². The first-order valence-electron chi connectivity index (χ1n) is 8.78. The number of aromatic nitrogens is 1. The van der Waals surface area contributed by atoms with Gasteiger partial charge in [0.25, 0.3) is 0 Å². The van der Waals surface area contributed by atoms with Gasteiger partial charge in [0.2, 0.25) is 5.91 Å². The smallest absolute Gasteiger partial charge is 0.223 e. The van der Waals surface area contributed by atoms with E-state index in [4.69, 9.17) is 0 Å². The van der Waals surface area contributed by atoms with Crippen LogP contribution in [0.25, 0.3) is 0 Å². The molecule has 0 saturated carbocycles. The van der Waals surface area contributed by atoms with Crippen molar-refractivity contribution >= 4 is 17.2 Å². The second-order valence-electron chi connectivity index (χ2n) is 6.93. The van der Waals surface area contributed by atoms with Crippen LogP contribution in [0.4, 0.5) is 0 Å². The number of nitrogens with zero attached hydrogens (tertiary/aromatic N) is 3. The van der Waals surface area contributed by atoms with Crippen molar-refractivity contribution in [3.63, 3.8) is 0 Å². The van der Waals surface area contributed by atoms with E-state index in [1.165, 1.54) is 5.56 Å². The normalized spacial score (nSPS) is 24.8. The number of aliphatic hydroxyl groups excluding tert-OH is 1. The van der Waals surface area contributed by atoms with E-state index in [0.717, 1.165) is 24.6 Å². The molecule has 6 heteroatoms. The van der Waals surface area contributed by atoms with Crippen LogP contribution in [0.5, 0.6) is 0 Å². The molecule has 4 rings (SSSR count). The lowest BCUT2D eigenvalue weighted by molar-refractivity contribution is -0.201. The Morgan fingerprint density at radius 1 is 1.36 bits per heavy atom. The number of carbonyl (C=O) groups is 1. The molecule has 2 saturated heterocycles. The van der Waals surface area contributed by atoms with Crippen molar-refractivity contribution in [1.82, 2.24) is 14.8 Å². The summed E-state index contributed by atoms with van der Waals surface area (Å²) in [6.07, 6.45) is 2.31. The molecule has 1 amide bonds. The SMILES string of the molecule is CCC(=O)N1[C@H](CO)[C@H](c2ccccc2)C12CN(Cc1nccs1)C2. The molecule has 25 heavy (non-hydrogen) atoms. The summed E-state index contributed by atoms with van der Waals surface area (Å²) in [6.45, 7) is 4.42. The van der Waals surface area contributed by atoms with Crippen molar-refractivity contribution in [2.75, 3.05) is 19.7 Å². The summed E-state index contributed by atoms with van der Waals surface area (Å²) >= 11 is 1.67.